The standard InChI is InChI=1S/C6H15O15P3.6H3N/c7-1-2(8)5(20-23(13,14)15)6(21-24(16,17)18)3(9)4(1)19-22(10,11)12;;;;;;/h1-9H,(H2,10,11,12)(H2,13,14,15)(H2,16,17,18);6*1H3/t1-,2-,3-,4-,5+,6+;;;;;;/m0....../s1. The van der Waals surface area contributed by atoms with Gasteiger partial charge in [0.25, 0.3) is 0 Å². The predicted octanol–water partition coefficient (Wildman–Crippen LogP) is -5.02. The summed E-state index contributed by atoms with van der Waals surface area (Å²) >= 11 is 0. The molecule has 0 unspecified atom stereocenters. The topological polar surface area (TPSA) is 497 Å². The van der Waals surface area contributed by atoms with Gasteiger partial charge in [-0.1, -0.05) is 0 Å². The SMILES string of the molecule is O=P([O-])([O-])O[C@H]1[C@@H](O)[C@H](O)[C@@H](OP(=O)([O-])[O-])[C@H](OP(=O)([O-])[O-])[C@H]1O.[NH4+].[NH4+].[NH4+].[NH4+].[NH4+].[NH4+]. The molecule has 0 radical (unpaired) electrons. The number of aliphatic hydroxyl groups excluding tert-OH is 3. The van der Waals surface area contributed by atoms with Crippen LogP contribution in [0, 0.1) is 0 Å². The van der Waals surface area contributed by atoms with Crippen LogP contribution in [0.25, 0.3) is 0 Å². The number of hydrogen-bond donors (Lipinski definition) is 9. The van der Waals surface area contributed by atoms with Crippen LogP contribution in [0.5, 0.6) is 0 Å². The number of hydrogen-bond acceptors (Lipinski definition) is 15. The van der Waals surface area contributed by atoms with E-state index >= 15 is 0 Å². The van der Waals surface area contributed by atoms with E-state index in [0.717, 1.165) is 0 Å². The van der Waals surface area contributed by atoms with Crippen LogP contribution in [0.3, 0.4) is 0 Å². The Kier molecular flexibility index (Phi) is 21.8. The molecule has 1 aliphatic carbocycles. The van der Waals surface area contributed by atoms with Gasteiger partial charge in [0.1, 0.15) is 36.6 Å². The van der Waals surface area contributed by atoms with E-state index in [1.165, 1.54) is 0 Å². The molecule has 1 fully saturated rings. The molecule has 0 aromatic heterocycles. The predicted molar refractivity (Wildman–Crippen MR) is 91.4 cm³/mol. The monoisotopic (exact) mass is 522 g/mol. The first-order valence-electron chi connectivity index (χ1n) is 5.67. The number of rotatable bonds is 6. The first-order valence-corrected chi connectivity index (χ1v) is 10.1. The van der Waals surface area contributed by atoms with E-state index in [4.69, 9.17) is 0 Å². The van der Waals surface area contributed by atoms with Crippen LogP contribution >= 0.6 is 23.5 Å². The molecule has 0 bridgehead atoms. The summed E-state index contributed by atoms with van der Waals surface area (Å²) in [5.74, 6) is 0. The van der Waals surface area contributed by atoms with Crippen molar-refractivity contribution in [3.8, 4) is 0 Å². The minimum absolute atomic E-state index is 0. The van der Waals surface area contributed by atoms with E-state index in [0.29, 0.717) is 0 Å². The van der Waals surface area contributed by atoms with E-state index in [-0.39, 0.29) is 36.9 Å². The Morgan fingerprint density at radius 3 is 0.933 bits per heavy atom. The second-order valence-electron chi connectivity index (χ2n) is 4.52. The van der Waals surface area contributed by atoms with Crippen LogP contribution < -0.4 is 66.3 Å². The van der Waals surface area contributed by atoms with E-state index < -0.39 is 60.1 Å². The van der Waals surface area contributed by atoms with Gasteiger partial charge in [-0.3, -0.25) is 0 Å². The zero-order chi connectivity index (χ0) is 19.1. The summed E-state index contributed by atoms with van der Waals surface area (Å²) in [5, 5.41) is 28.9. The lowest BCUT2D eigenvalue weighted by atomic mass is 9.85. The molecule has 27 N–H and O–H groups in total. The molecule has 0 amide bonds. The Morgan fingerprint density at radius 2 is 0.667 bits per heavy atom. The van der Waals surface area contributed by atoms with Crippen molar-refractivity contribution in [2.45, 2.75) is 36.6 Å². The van der Waals surface area contributed by atoms with Gasteiger partial charge >= 0.3 is 0 Å². The Morgan fingerprint density at radius 1 is 0.467 bits per heavy atom. The normalized spacial score (nSPS) is 28.7. The Bertz CT molecular complexity index is 595. The Labute approximate surface area is 170 Å². The zero-order valence-electron chi connectivity index (χ0n) is 17.0. The molecule has 0 saturated heterocycles. The largest absolute Gasteiger partial charge is 0.790 e. The van der Waals surface area contributed by atoms with Crippen molar-refractivity contribution >= 4 is 23.5 Å². The molecule has 24 heteroatoms. The molecule has 6 atom stereocenters. The molecule has 0 aromatic carbocycles. The lowest BCUT2D eigenvalue weighted by molar-refractivity contribution is -0.371. The Balaban J connectivity index is -0.000000240. The maximum Gasteiger partial charge on any atom is 0.120 e. The van der Waals surface area contributed by atoms with Gasteiger partial charge < -0.3 is 109 Å². The van der Waals surface area contributed by atoms with Crippen molar-refractivity contribution in [2.24, 2.45) is 0 Å². The Hall–Kier alpha value is -0.0300. The first-order chi connectivity index (χ1) is 10.5. The van der Waals surface area contributed by atoms with E-state index in [2.05, 4.69) is 13.6 Å². The minimum atomic E-state index is -6.01. The van der Waals surface area contributed by atoms with Gasteiger partial charge in [-0.25, -0.2) is 0 Å². The van der Waals surface area contributed by atoms with E-state index in [9.17, 15) is 58.4 Å². The highest BCUT2D eigenvalue weighted by Gasteiger charge is 2.52. The van der Waals surface area contributed by atoms with Crippen molar-refractivity contribution in [3.63, 3.8) is 0 Å². The molecule has 0 aliphatic heterocycles. The highest BCUT2D eigenvalue weighted by molar-refractivity contribution is 7.43. The van der Waals surface area contributed by atoms with Crippen LogP contribution in [-0.4, -0.2) is 51.9 Å². The molecule has 0 spiro atoms. The van der Waals surface area contributed by atoms with Crippen molar-refractivity contribution in [1.29, 1.82) is 0 Å². The van der Waals surface area contributed by atoms with Gasteiger partial charge in [0, 0.05) is 0 Å². The van der Waals surface area contributed by atoms with Gasteiger partial charge in [-0.15, -0.1) is 0 Å². The van der Waals surface area contributed by atoms with Crippen molar-refractivity contribution < 1.29 is 71.9 Å². The zero-order valence-corrected chi connectivity index (χ0v) is 19.7. The highest BCUT2D eigenvalue weighted by atomic mass is 31.2. The lowest BCUT2D eigenvalue weighted by Gasteiger charge is -2.51. The smallest absolute Gasteiger partial charge is 0.120 e. The summed E-state index contributed by atoms with van der Waals surface area (Å²) in [7, 11) is -17.9. The van der Waals surface area contributed by atoms with Crippen LogP contribution in [0.15, 0.2) is 0 Å². The molecular formula is C6H33N6O15P3. The van der Waals surface area contributed by atoms with Crippen LogP contribution in [-0.2, 0) is 27.3 Å². The van der Waals surface area contributed by atoms with Gasteiger partial charge in [-0.05, 0) is 0 Å². The lowest BCUT2D eigenvalue weighted by Crippen LogP contribution is -2.66. The van der Waals surface area contributed by atoms with E-state index in [1.54, 1.807) is 0 Å². The second kappa shape index (κ2) is 14.9. The molecule has 0 heterocycles. The van der Waals surface area contributed by atoms with Crippen LogP contribution in [0.2, 0.25) is 0 Å². The van der Waals surface area contributed by atoms with E-state index in [1.807, 2.05) is 0 Å². The third-order valence-corrected chi connectivity index (χ3v) is 4.28. The summed E-state index contributed by atoms with van der Waals surface area (Å²) in [5.41, 5.74) is 0. The summed E-state index contributed by atoms with van der Waals surface area (Å²) < 4.78 is 43.0. The quantitative estimate of drug-likeness (QED) is 0.147. The number of phosphoric acid groups is 3. The van der Waals surface area contributed by atoms with Crippen LogP contribution in [0.1, 0.15) is 0 Å². The van der Waals surface area contributed by atoms with Crippen LogP contribution in [0.4, 0.5) is 0 Å². The maximum atomic E-state index is 10.6. The summed E-state index contributed by atoms with van der Waals surface area (Å²) in [4.78, 5) is 63.6. The molecular weight excluding hydrogens is 489 g/mol. The molecule has 192 valence electrons. The molecule has 0 aromatic rings. The summed E-state index contributed by atoms with van der Waals surface area (Å²) in [6, 6.07) is 0. The molecule has 1 aliphatic rings. The fourth-order valence-electron chi connectivity index (χ4n) is 1.98. The van der Waals surface area contributed by atoms with Crippen molar-refractivity contribution in [3.05, 3.63) is 0 Å². The third-order valence-electron chi connectivity index (χ3n) is 2.77. The van der Waals surface area contributed by atoms with Crippen molar-refractivity contribution in [2.75, 3.05) is 0 Å². The highest BCUT2D eigenvalue weighted by Crippen LogP contribution is 2.43. The number of aliphatic hydroxyl groups is 3. The molecule has 1 saturated carbocycles. The third kappa shape index (κ3) is 13.4. The minimum Gasteiger partial charge on any atom is -0.790 e. The average molecular weight is 522 g/mol. The summed E-state index contributed by atoms with van der Waals surface area (Å²) in [6.07, 6.45) is -15.7. The van der Waals surface area contributed by atoms with Gasteiger partial charge in [0.2, 0.25) is 0 Å². The second-order valence-corrected chi connectivity index (χ2v) is 7.84. The number of quaternary nitrogens is 6. The fourth-order valence-corrected chi connectivity index (χ4v) is 3.62. The number of phosphoric ester groups is 3. The van der Waals surface area contributed by atoms with Gasteiger partial charge in [0.15, 0.2) is 0 Å². The first kappa shape index (κ1) is 43.8. The van der Waals surface area contributed by atoms with Crippen molar-refractivity contribution in [1.82, 2.24) is 36.9 Å². The fraction of sp³-hybridized carbons (Fsp3) is 1.00. The maximum absolute atomic E-state index is 10.6. The molecule has 1 rings (SSSR count). The van der Waals surface area contributed by atoms with Gasteiger partial charge in [0.05, 0.1) is 23.5 Å². The molecule has 21 nitrogen and oxygen atoms in total. The summed E-state index contributed by atoms with van der Waals surface area (Å²) in [6.45, 7) is 0. The van der Waals surface area contributed by atoms with Gasteiger partial charge in [-0.2, -0.15) is 0 Å². The average Bonchev–Trinajstić information content (AvgIpc) is 2.32. The molecule has 30 heavy (non-hydrogen) atoms.